The third kappa shape index (κ3) is 8.01. The average Bonchev–Trinajstić information content (AvgIpc) is 1.98. The van der Waals surface area contributed by atoms with Crippen molar-refractivity contribution in [2.24, 2.45) is 17.8 Å². The number of rotatable bonds is 7. The molecule has 78 valence electrons. The van der Waals surface area contributed by atoms with Crippen molar-refractivity contribution in [3.05, 3.63) is 0 Å². The van der Waals surface area contributed by atoms with Crippen LogP contribution in [0.15, 0.2) is 0 Å². The first-order valence-corrected chi connectivity index (χ1v) is 5.49. The van der Waals surface area contributed by atoms with Crippen LogP contribution in [0.4, 0.5) is 0 Å². The molecule has 0 N–H and O–H groups in total. The van der Waals surface area contributed by atoms with Crippen molar-refractivity contribution in [1.29, 1.82) is 0 Å². The maximum absolute atomic E-state index is 10.3. The van der Waals surface area contributed by atoms with Gasteiger partial charge in [0.1, 0.15) is 6.29 Å². The molecule has 0 aliphatic carbocycles. The molecule has 1 heteroatoms. The van der Waals surface area contributed by atoms with Gasteiger partial charge in [0, 0.05) is 6.42 Å². The van der Waals surface area contributed by atoms with Gasteiger partial charge >= 0.3 is 0 Å². The summed E-state index contributed by atoms with van der Waals surface area (Å²) in [5, 5.41) is 0. The van der Waals surface area contributed by atoms with Gasteiger partial charge in [0.2, 0.25) is 0 Å². The van der Waals surface area contributed by atoms with Gasteiger partial charge in [-0.1, -0.05) is 27.7 Å². The average molecular weight is 184 g/mol. The molecule has 0 amide bonds. The van der Waals surface area contributed by atoms with Crippen LogP contribution in [0.25, 0.3) is 0 Å². The highest BCUT2D eigenvalue weighted by Gasteiger charge is 2.12. The summed E-state index contributed by atoms with van der Waals surface area (Å²) < 4.78 is 0. The molecule has 0 aliphatic heterocycles. The zero-order valence-electron chi connectivity index (χ0n) is 9.55. The van der Waals surface area contributed by atoms with Gasteiger partial charge in [-0.2, -0.15) is 0 Å². The van der Waals surface area contributed by atoms with E-state index in [-0.39, 0.29) is 0 Å². The Kier molecular flexibility index (Phi) is 6.93. The molecule has 0 saturated heterocycles. The maximum Gasteiger partial charge on any atom is 0.120 e. The fourth-order valence-corrected chi connectivity index (χ4v) is 1.97. The Morgan fingerprint density at radius 1 is 1.00 bits per heavy atom. The first-order chi connectivity index (χ1) is 6.06. The molecular weight excluding hydrogens is 160 g/mol. The van der Waals surface area contributed by atoms with Crippen LogP contribution in [0.3, 0.4) is 0 Å². The molecule has 0 atom stereocenters. The first-order valence-electron chi connectivity index (χ1n) is 5.49. The van der Waals surface area contributed by atoms with Crippen LogP contribution in [-0.4, -0.2) is 6.29 Å². The van der Waals surface area contributed by atoms with Gasteiger partial charge in [-0.15, -0.1) is 0 Å². The van der Waals surface area contributed by atoms with Gasteiger partial charge in [-0.05, 0) is 37.0 Å². The summed E-state index contributed by atoms with van der Waals surface area (Å²) in [6, 6.07) is 0. The Morgan fingerprint density at radius 3 is 1.77 bits per heavy atom. The number of aldehydes is 1. The summed E-state index contributed by atoms with van der Waals surface area (Å²) >= 11 is 0. The molecule has 0 spiro atoms. The van der Waals surface area contributed by atoms with Crippen LogP contribution < -0.4 is 0 Å². The highest BCUT2D eigenvalue weighted by atomic mass is 16.1. The zero-order chi connectivity index (χ0) is 10.3. The Labute approximate surface area is 82.9 Å². The minimum Gasteiger partial charge on any atom is -0.303 e. The predicted octanol–water partition coefficient (Wildman–Crippen LogP) is 3.67. The lowest BCUT2D eigenvalue weighted by Crippen LogP contribution is -2.08. The smallest absolute Gasteiger partial charge is 0.120 e. The molecule has 0 aromatic rings. The molecule has 0 aliphatic rings. The monoisotopic (exact) mass is 184 g/mol. The lowest BCUT2D eigenvalue weighted by atomic mass is 9.86. The van der Waals surface area contributed by atoms with Crippen molar-refractivity contribution in [1.82, 2.24) is 0 Å². The van der Waals surface area contributed by atoms with Crippen molar-refractivity contribution >= 4 is 6.29 Å². The third-order valence-corrected chi connectivity index (χ3v) is 2.30. The summed E-state index contributed by atoms with van der Waals surface area (Å²) in [4.78, 5) is 10.3. The minimum absolute atomic E-state index is 0.740. The van der Waals surface area contributed by atoms with Gasteiger partial charge in [0.25, 0.3) is 0 Å². The summed E-state index contributed by atoms with van der Waals surface area (Å²) in [6.45, 7) is 9.03. The van der Waals surface area contributed by atoms with Gasteiger partial charge in [0.05, 0.1) is 0 Å². The van der Waals surface area contributed by atoms with Crippen LogP contribution in [0.1, 0.15) is 53.4 Å². The van der Waals surface area contributed by atoms with Crippen molar-refractivity contribution in [2.75, 3.05) is 0 Å². The van der Waals surface area contributed by atoms with E-state index in [0.717, 1.165) is 36.9 Å². The van der Waals surface area contributed by atoms with Crippen LogP contribution in [0.5, 0.6) is 0 Å². The normalized spacial score (nSPS) is 11.6. The van der Waals surface area contributed by atoms with Crippen molar-refractivity contribution in [2.45, 2.75) is 53.4 Å². The van der Waals surface area contributed by atoms with E-state index in [1.807, 2.05) is 0 Å². The Bertz CT molecular complexity index is 117. The molecule has 0 saturated carbocycles. The quantitative estimate of drug-likeness (QED) is 0.552. The summed E-state index contributed by atoms with van der Waals surface area (Å²) in [7, 11) is 0. The standard InChI is InChI=1S/C12H24O/c1-10(2)8-12(6-5-7-13)9-11(3)4/h7,10-12H,5-6,8-9H2,1-4H3. The van der Waals surface area contributed by atoms with E-state index >= 15 is 0 Å². The highest BCUT2D eigenvalue weighted by Crippen LogP contribution is 2.23. The second-order valence-electron chi connectivity index (χ2n) is 4.87. The van der Waals surface area contributed by atoms with E-state index in [4.69, 9.17) is 0 Å². The number of hydrogen-bond donors (Lipinski definition) is 0. The lowest BCUT2D eigenvalue weighted by molar-refractivity contribution is -0.108. The van der Waals surface area contributed by atoms with Gasteiger partial charge < -0.3 is 4.79 Å². The second-order valence-corrected chi connectivity index (χ2v) is 4.87. The predicted molar refractivity (Wildman–Crippen MR) is 57.7 cm³/mol. The van der Waals surface area contributed by atoms with E-state index < -0.39 is 0 Å². The second kappa shape index (κ2) is 7.11. The SMILES string of the molecule is CC(C)CC(CCC=O)CC(C)C. The third-order valence-electron chi connectivity index (χ3n) is 2.30. The number of carbonyl (C=O) groups excluding carboxylic acids is 1. The largest absolute Gasteiger partial charge is 0.303 e. The molecule has 0 aromatic carbocycles. The minimum atomic E-state index is 0.740. The lowest BCUT2D eigenvalue weighted by Gasteiger charge is -2.19. The van der Waals surface area contributed by atoms with E-state index in [1.54, 1.807) is 0 Å². The van der Waals surface area contributed by atoms with Crippen molar-refractivity contribution < 1.29 is 4.79 Å². The molecule has 0 unspecified atom stereocenters. The van der Waals surface area contributed by atoms with Gasteiger partial charge in [-0.25, -0.2) is 0 Å². The van der Waals surface area contributed by atoms with E-state index in [2.05, 4.69) is 27.7 Å². The topological polar surface area (TPSA) is 17.1 Å². The molecule has 0 bridgehead atoms. The van der Waals surface area contributed by atoms with Crippen molar-refractivity contribution in [3.8, 4) is 0 Å². The molecule has 0 rings (SSSR count). The van der Waals surface area contributed by atoms with Gasteiger partial charge in [-0.3, -0.25) is 0 Å². The van der Waals surface area contributed by atoms with Crippen LogP contribution in [0, 0.1) is 17.8 Å². The van der Waals surface area contributed by atoms with E-state index in [1.165, 1.54) is 12.8 Å². The maximum atomic E-state index is 10.3. The summed E-state index contributed by atoms with van der Waals surface area (Å²) in [5.41, 5.74) is 0. The van der Waals surface area contributed by atoms with E-state index in [0.29, 0.717) is 0 Å². The Balaban J connectivity index is 3.79. The molecular formula is C12H24O. The fourth-order valence-electron chi connectivity index (χ4n) is 1.97. The Morgan fingerprint density at radius 2 is 1.46 bits per heavy atom. The molecule has 0 aromatic heterocycles. The first kappa shape index (κ1) is 12.7. The zero-order valence-corrected chi connectivity index (χ0v) is 9.55. The van der Waals surface area contributed by atoms with Crippen molar-refractivity contribution in [3.63, 3.8) is 0 Å². The highest BCUT2D eigenvalue weighted by molar-refractivity contribution is 5.49. The van der Waals surface area contributed by atoms with Crippen LogP contribution >= 0.6 is 0 Å². The number of hydrogen-bond acceptors (Lipinski definition) is 1. The van der Waals surface area contributed by atoms with E-state index in [9.17, 15) is 4.79 Å². The fraction of sp³-hybridized carbons (Fsp3) is 0.917. The molecule has 0 radical (unpaired) electrons. The molecule has 0 heterocycles. The summed E-state index contributed by atoms with van der Waals surface area (Å²) in [6.07, 6.45) is 5.41. The van der Waals surface area contributed by atoms with Gasteiger partial charge in [0.15, 0.2) is 0 Å². The van der Waals surface area contributed by atoms with Crippen LogP contribution in [-0.2, 0) is 4.79 Å². The number of carbonyl (C=O) groups is 1. The molecule has 1 nitrogen and oxygen atoms in total. The van der Waals surface area contributed by atoms with Crippen LogP contribution in [0.2, 0.25) is 0 Å². The summed E-state index contributed by atoms with van der Waals surface area (Å²) in [5.74, 6) is 2.27. The molecule has 13 heavy (non-hydrogen) atoms. The Hall–Kier alpha value is -0.330. The molecule has 0 fully saturated rings.